The maximum absolute atomic E-state index is 11.4. The zero-order valence-electron chi connectivity index (χ0n) is 16.3. The Labute approximate surface area is 165 Å². The van der Waals surface area contributed by atoms with Gasteiger partial charge < -0.3 is 23.7 Å². The lowest BCUT2D eigenvalue weighted by Crippen LogP contribution is -2.12. The Morgan fingerprint density at radius 1 is 0.929 bits per heavy atom. The summed E-state index contributed by atoms with van der Waals surface area (Å²) in [5.74, 6) is 1.66. The highest BCUT2D eigenvalue weighted by atomic mass is 16.6. The molecule has 150 valence electrons. The van der Waals surface area contributed by atoms with Gasteiger partial charge in [-0.3, -0.25) is 0 Å². The zero-order chi connectivity index (χ0) is 20.2. The first-order chi connectivity index (χ1) is 13.7. The normalized spacial score (nSPS) is 10.2. The molecule has 28 heavy (non-hydrogen) atoms. The van der Waals surface area contributed by atoms with Gasteiger partial charge in [0.25, 0.3) is 0 Å². The summed E-state index contributed by atoms with van der Waals surface area (Å²) in [7, 11) is 2.97. The average molecular weight is 386 g/mol. The predicted octanol–water partition coefficient (Wildman–Crippen LogP) is 3.68. The van der Waals surface area contributed by atoms with E-state index in [1.165, 1.54) is 7.11 Å². The van der Waals surface area contributed by atoms with Gasteiger partial charge >= 0.3 is 5.97 Å². The molecule has 0 heterocycles. The molecular weight excluding hydrogens is 360 g/mol. The van der Waals surface area contributed by atoms with E-state index in [9.17, 15) is 4.79 Å². The van der Waals surface area contributed by atoms with Crippen LogP contribution in [-0.4, -0.2) is 46.6 Å². The van der Waals surface area contributed by atoms with E-state index in [1.807, 2.05) is 24.3 Å². The number of benzene rings is 2. The Hall–Kier alpha value is -2.99. The number of rotatable bonds is 12. The molecule has 0 aliphatic rings. The van der Waals surface area contributed by atoms with Crippen molar-refractivity contribution in [2.45, 2.75) is 6.42 Å². The minimum Gasteiger partial charge on any atom is -0.493 e. The quantitative estimate of drug-likeness (QED) is 0.315. The summed E-state index contributed by atoms with van der Waals surface area (Å²) in [6.45, 7) is 5.40. The molecule has 6 heteroatoms. The molecule has 6 nitrogen and oxygen atoms in total. The minimum atomic E-state index is -0.373. The monoisotopic (exact) mass is 386 g/mol. The smallest absolute Gasteiger partial charge is 0.337 e. The molecule has 0 radical (unpaired) electrons. The maximum Gasteiger partial charge on any atom is 0.337 e. The largest absolute Gasteiger partial charge is 0.493 e. The van der Waals surface area contributed by atoms with Crippen LogP contribution in [0.25, 0.3) is 0 Å². The second-order valence-corrected chi connectivity index (χ2v) is 5.80. The summed E-state index contributed by atoms with van der Waals surface area (Å²) < 4.78 is 26.8. The minimum absolute atomic E-state index is 0.373. The number of methoxy groups -OCH3 is 2. The van der Waals surface area contributed by atoms with Crippen LogP contribution in [0.15, 0.2) is 55.1 Å². The average Bonchev–Trinajstić information content (AvgIpc) is 2.73. The van der Waals surface area contributed by atoms with E-state index in [1.54, 1.807) is 31.4 Å². The van der Waals surface area contributed by atoms with E-state index in [4.69, 9.17) is 18.9 Å². The van der Waals surface area contributed by atoms with Crippen molar-refractivity contribution >= 4 is 5.97 Å². The number of carbonyl (C=O) groups excluding carboxylic acids is 1. The van der Waals surface area contributed by atoms with E-state index < -0.39 is 0 Å². The molecule has 0 aromatic heterocycles. The fourth-order valence-corrected chi connectivity index (χ4v) is 2.46. The van der Waals surface area contributed by atoms with Crippen LogP contribution in [-0.2, 0) is 15.9 Å². The molecule has 0 N–H and O–H groups in total. The summed E-state index contributed by atoms with van der Waals surface area (Å²) in [4.78, 5) is 11.4. The van der Waals surface area contributed by atoms with Crippen molar-refractivity contribution in [1.82, 2.24) is 0 Å². The van der Waals surface area contributed by atoms with Crippen LogP contribution in [0.1, 0.15) is 15.9 Å². The van der Waals surface area contributed by atoms with E-state index in [0.717, 1.165) is 12.0 Å². The standard InChI is InChI=1S/C22H26O6/c1-4-5-17-6-11-20(21(16-17)24-2)28-15-13-26-12-14-27-19-9-7-18(8-10-19)22(23)25-3/h4,6-11,16H,1,5,12-15H2,2-3H3. The molecule has 0 saturated heterocycles. The molecule has 2 aromatic rings. The van der Waals surface area contributed by atoms with Gasteiger partial charge in [-0.1, -0.05) is 12.1 Å². The predicted molar refractivity (Wildman–Crippen MR) is 106 cm³/mol. The number of hydrogen-bond acceptors (Lipinski definition) is 6. The second kappa shape index (κ2) is 11.7. The van der Waals surface area contributed by atoms with Crippen molar-refractivity contribution in [3.05, 3.63) is 66.2 Å². The van der Waals surface area contributed by atoms with Gasteiger partial charge in [0.15, 0.2) is 11.5 Å². The third-order valence-corrected chi connectivity index (χ3v) is 3.87. The highest BCUT2D eigenvalue weighted by Gasteiger charge is 2.06. The summed E-state index contributed by atoms with van der Waals surface area (Å²) in [5, 5.41) is 0. The van der Waals surface area contributed by atoms with Crippen LogP contribution in [0.3, 0.4) is 0 Å². The number of esters is 1. The number of carbonyl (C=O) groups is 1. The third kappa shape index (κ3) is 6.63. The van der Waals surface area contributed by atoms with Gasteiger partial charge in [0, 0.05) is 0 Å². The van der Waals surface area contributed by atoms with Gasteiger partial charge in [-0.15, -0.1) is 6.58 Å². The van der Waals surface area contributed by atoms with Crippen molar-refractivity contribution in [1.29, 1.82) is 0 Å². The van der Waals surface area contributed by atoms with E-state index in [0.29, 0.717) is 49.2 Å². The van der Waals surface area contributed by atoms with E-state index in [-0.39, 0.29) is 5.97 Å². The summed E-state index contributed by atoms with van der Waals surface area (Å²) in [5.41, 5.74) is 1.60. The van der Waals surface area contributed by atoms with Crippen LogP contribution < -0.4 is 14.2 Å². The van der Waals surface area contributed by atoms with E-state index >= 15 is 0 Å². The second-order valence-electron chi connectivity index (χ2n) is 5.80. The molecule has 2 rings (SSSR count). The molecule has 2 aromatic carbocycles. The molecular formula is C22H26O6. The SMILES string of the molecule is C=CCc1ccc(OCCOCCOc2ccc(C(=O)OC)cc2)c(OC)c1. The van der Waals surface area contributed by atoms with Crippen molar-refractivity contribution in [2.24, 2.45) is 0 Å². The van der Waals surface area contributed by atoms with Crippen LogP contribution in [0.2, 0.25) is 0 Å². The molecule has 0 amide bonds. The summed E-state index contributed by atoms with van der Waals surface area (Å²) in [6, 6.07) is 12.6. The van der Waals surface area contributed by atoms with Crippen molar-refractivity contribution in [3.8, 4) is 17.2 Å². The zero-order valence-corrected chi connectivity index (χ0v) is 16.3. The molecule has 0 aliphatic heterocycles. The van der Waals surface area contributed by atoms with Crippen LogP contribution in [0.4, 0.5) is 0 Å². The lowest BCUT2D eigenvalue weighted by atomic mass is 10.1. The number of allylic oxidation sites excluding steroid dienone is 1. The molecule has 0 bridgehead atoms. The lowest BCUT2D eigenvalue weighted by molar-refractivity contribution is 0.0600. The van der Waals surface area contributed by atoms with Gasteiger partial charge in [0.05, 0.1) is 33.0 Å². The molecule has 0 atom stereocenters. The maximum atomic E-state index is 11.4. The van der Waals surface area contributed by atoms with Gasteiger partial charge in [-0.2, -0.15) is 0 Å². The third-order valence-electron chi connectivity index (χ3n) is 3.87. The highest BCUT2D eigenvalue weighted by molar-refractivity contribution is 5.89. The van der Waals surface area contributed by atoms with Gasteiger partial charge in [-0.25, -0.2) is 4.79 Å². The fraction of sp³-hybridized carbons (Fsp3) is 0.318. The Kier molecular flexibility index (Phi) is 8.88. The summed E-state index contributed by atoms with van der Waals surface area (Å²) >= 11 is 0. The Balaban J connectivity index is 1.64. The molecule has 0 fully saturated rings. The van der Waals surface area contributed by atoms with Gasteiger partial charge in [0.2, 0.25) is 0 Å². The van der Waals surface area contributed by atoms with Crippen molar-refractivity contribution in [2.75, 3.05) is 40.6 Å². The van der Waals surface area contributed by atoms with E-state index in [2.05, 4.69) is 11.3 Å². The highest BCUT2D eigenvalue weighted by Crippen LogP contribution is 2.28. The molecule has 0 saturated carbocycles. The number of ether oxygens (including phenoxy) is 5. The van der Waals surface area contributed by atoms with Crippen molar-refractivity contribution in [3.63, 3.8) is 0 Å². The lowest BCUT2D eigenvalue weighted by Gasteiger charge is -2.12. The first-order valence-electron chi connectivity index (χ1n) is 8.97. The van der Waals surface area contributed by atoms with Crippen LogP contribution in [0, 0.1) is 0 Å². The Morgan fingerprint density at radius 3 is 2.29 bits per heavy atom. The number of hydrogen-bond donors (Lipinski definition) is 0. The van der Waals surface area contributed by atoms with Gasteiger partial charge in [-0.05, 0) is 48.4 Å². The molecule has 0 spiro atoms. The first-order valence-corrected chi connectivity index (χ1v) is 8.97. The Morgan fingerprint density at radius 2 is 1.64 bits per heavy atom. The topological polar surface area (TPSA) is 63.2 Å². The first kappa shape index (κ1) is 21.3. The molecule has 0 unspecified atom stereocenters. The molecule has 0 aliphatic carbocycles. The van der Waals surface area contributed by atoms with Gasteiger partial charge in [0.1, 0.15) is 19.0 Å². The summed E-state index contributed by atoms with van der Waals surface area (Å²) in [6.07, 6.45) is 2.63. The fourth-order valence-electron chi connectivity index (χ4n) is 2.46. The van der Waals surface area contributed by atoms with Crippen molar-refractivity contribution < 1.29 is 28.5 Å². The van der Waals surface area contributed by atoms with Crippen LogP contribution in [0.5, 0.6) is 17.2 Å². The Bertz CT molecular complexity index is 754. The van der Waals surface area contributed by atoms with Crippen LogP contribution >= 0.6 is 0 Å².